The van der Waals surface area contributed by atoms with E-state index in [4.69, 9.17) is 4.74 Å². The van der Waals surface area contributed by atoms with Crippen molar-refractivity contribution >= 4 is 22.0 Å². The quantitative estimate of drug-likeness (QED) is 0.897. The van der Waals surface area contributed by atoms with Crippen molar-refractivity contribution in [2.45, 2.75) is 25.5 Å². The first-order valence-corrected chi connectivity index (χ1v) is 7.77. The molecule has 0 fully saturated rings. The standard InChI is InChI=1S/C17H16BrNO2/c18-14-8-6-13-7-9-16(15(13)10-14)19-17(20)21-11-12-4-2-1-3-5-12/h1-6,8,10,16H,7,9,11H2,(H,19,20)/t16-/m0/s1. The Morgan fingerprint density at radius 2 is 2.05 bits per heavy atom. The molecule has 2 aromatic carbocycles. The van der Waals surface area contributed by atoms with E-state index in [0.717, 1.165) is 22.9 Å². The molecule has 108 valence electrons. The van der Waals surface area contributed by atoms with E-state index < -0.39 is 0 Å². The van der Waals surface area contributed by atoms with Crippen LogP contribution in [0.3, 0.4) is 0 Å². The van der Waals surface area contributed by atoms with Crippen LogP contribution in [0.5, 0.6) is 0 Å². The van der Waals surface area contributed by atoms with Crippen LogP contribution >= 0.6 is 15.9 Å². The Labute approximate surface area is 132 Å². The van der Waals surface area contributed by atoms with Gasteiger partial charge in [0.2, 0.25) is 0 Å². The van der Waals surface area contributed by atoms with Crippen LogP contribution in [-0.2, 0) is 17.8 Å². The Hall–Kier alpha value is -1.81. The zero-order valence-electron chi connectivity index (χ0n) is 11.5. The van der Waals surface area contributed by atoms with Crippen molar-refractivity contribution < 1.29 is 9.53 Å². The van der Waals surface area contributed by atoms with E-state index >= 15 is 0 Å². The van der Waals surface area contributed by atoms with Gasteiger partial charge in [0.05, 0.1) is 6.04 Å². The van der Waals surface area contributed by atoms with Crippen molar-refractivity contribution in [1.29, 1.82) is 0 Å². The van der Waals surface area contributed by atoms with E-state index in [-0.39, 0.29) is 12.1 Å². The summed E-state index contributed by atoms with van der Waals surface area (Å²) in [6.07, 6.45) is 1.55. The van der Waals surface area contributed by atoms with Gasteiger partial charge in [0.15, 0.2) is 0 Å². The first-order chi connectivity index (χ1) is 10.2. The molecule has 1 amide bonds. The highest BCUT2D eigenvalue weighted by molar-refractivity contribution is 9.10. The smallest absolute Gasteiger partial charge is 0.407 e. The molecule has 0 bridgehead atoms. The average molecular weight is 346 g/mol. The fourth-order valence-electron chi connectivity index (χ4n) is 2.63. The maximum absolute atomic E-state index is 11.9. The van der Waals surface area contributed by atoms with Crippen LogP contribution in [0.2, 0.25) is 0 Å². The molecule has 21 heavy (non-hydrogen) atoms. The minimum atomic E-state index is -0.364. The minimum absolute atomic E-state index is 0.0424. The number of fused-ring (bicyclic) bond motifs is 1. The zero-order valence-corrected chi connectivity index (χ0v) is 13.1. The zero-order chi connectivity index (χ0) is 14.7. The number of aryl methyl sites for hydroxylation is 1. The van der Waals surface area contributed by atoms with E-state index in [1.807, 2.05) is 36.4 Å². The molecule has 0 aromatic heterocycles. The van der Waals surface area contributed by atoms with Gasteiger partial charge in [0, 0.05) is 4.47 Å². The molecule has 0 spiro atoms. The van der Waals surface area contributed by atoms with Crippen LogP contribution in [0.15, 0.2) is 53.0 Å². The van der Waals surface area contributed by atoms with Crippen molar-refractivity contribution in [3.05, 3.63) is 69.7 Å². The van der Waals surface area contributed by atoms with Gasteiger partial charge >= 0.3 is 6.09 Å². The summed E-state index contributed by atoms with van der Waals surface area (Å²) in [6, 6.07) is 15.9. The number of halogens is 1. The average Bonchev–Trinajstić information content (AvgIpc) is 2.88. The molecule has 3 rings (SSSR count). The van der Waals surface area contributed by atoms with Gasteiger partial charge in [-0.2, -0.15) is 0 Å². The first kappa shape index (κ1) is 14.1. The third-order valence-electron chi connectivity index (χ3n) is 3.69. The number of amides is 1. The third kappa shape index (κ3) is 3.45. The van der Waals surface area contributed by atoms with Crippen LogP contribution in [-0.4, -0.2) is 6.09 Å². The van der Waals surface area contributed by atoms with Gasteiger partial charge < -0.3 is 10.1 Å². The molecule has 0 radical (unpaired) electrons. The molecule has 2 aromatic rings. The summed E-state index contributed by atoms with van der Waals surface area (Å²) in [7, 11) is 0. The lowest BCUT2D eigenvalue weighted by Gasteiger charge is -2.14. The van der Waals surface area contributed by atoms with E-state index in [2.05, 4.69) is 33.4 Å². The van der Waals surface area contributed by atoms with Gasteiger partial charge in [-0.15, -0.1) is 0 Å². The summed E-state index contributed by atoms with van der Waals surface area (Å²) in [4.78, 5) is 11.9. The summed E-state index contributed by atoms with van der Waals surface area (Å²) in [5.74, 6) is 0. The normalized spacial score (nSPS) is 16.3. The monoisotopic (exact) mass is 345 g/mol. The van der Waals surface area contributed by atoms with Crippen LogP contribution in [0.25, 0.3) is 0 Å². The molecule has 0 heterocycles. The number of rotatable bonds is 3. The molecule has 4 heteroatoms. The number of benzene rings is 2. The topological polar surface area (TPSA) is 38.3 Å². The molecule has 0 saturated heterocycles. The number of alkyl carbamates (subject to hydrolysis) is 1. The molecule has 1 atom stereocenters. The highest BCUT2D eigenvalue weighted by Gasteiger charge is 2.24. The van der Waals surface area contributed by atoms with E-state index in [9.17, 15) is 4.79 Å². The van der Waals surface area contributed by atoms with Gasteiger partial charge in [-0.1, -0.05) is 52.3 Å². The second kappa shape index (κ2) is 6.31. The maximum atomic E-state index is 11.9. The van der Waals surface area contributed by atoms with Crippen molar-refractivity contribution in [2.75, 3.05) is 0 Å². The second-order valence-electron chi connectivity index (χ2n) is 5.14. The van der Waals surface area contributed by atoms with Crippen LogP contribution in [0.4, 0.5) is 4.79 Å². The lowest BCUT2D eigenvalue weighted by molar-refractivity contribution is 0.135. The Balaban J connectivity index is 1.58. The summed E-state index contributed by atoms with van der Waals surface area (Å²) in [6.45, 7) is 0.296. The highest BCUT2D eigenvalue weighted by Crippen LogP contribution is 2.33. The lowest BCUT2D eigenvalue weighted by Crippen LogP contribution is -2.27. The molecule has 1 aliphatic carbocycles. The van der Waals surface area contributed by atoms with Gasteiger partial charge in [0.1, 0.15) is 6.61 Å². The summed E-state index contributed by atoms with van der Waals surface area (Å²) in [5.41, 5.74) is 3.47. The molecule has 0 aliphatic heterocycles. The van der Waals surface area contributed by atoms with Crippen molar-refractivity contribution in [2.24, 2.45) is 0 Å². The molecule has 0 saturated carbocycles. The molecular formula is C17H16BrNO2. The fraction of sp³-hybridized carbons (Fsp3) is 0.235. The van der Waals surface area contributed by atoms with Gasteiger partial charge in [-0.3, -0.25) is 0 Å². The van der Waals surface area contributed by atoms with Crippen LogP contribution < -0.4 is 5.32 Å². The van der Waals surface area contributed by atoms with Crippen molar-refractivity contribution in [1.82, 2.24) is 5.32 Å². The van der Waals surface area contributed by atoms with E-state index in [1.54, 1.807) is 0 Å². The van der Waals surface area contributed by atoms with Gasteiger partial charge in [-0.25, -0.2) is 4.79 Å². The number of ether oxygens (including phenoxy) is 1. The Morgan fingerprint density at radius 3 is 2.86 bits per heavy atom. The van der Waals surface area contributed by atoms with Crippen LogP contribution in [0.1, 0.15) is 29.2 Å². The highest BCUT2D eigenvalue weighted by atomic mass is 79.9. The number of hydrogen-bond acceptors (Lipinski definition) is 2. The Bertz CT molecular complexity index is 642. The maximum Gasteiger partial charge on any atom is 0.407 e. The molecular weight excluding hydrogens is 330 g/mol. The number of nitrogens with one attached hydrogen (secondary N) is 1. The molecule has 3 nitrogen and oxygen atoms in total. The van der Waals surface area contributed by atoms with Gasteiger partial charge in [-0.05, 0) is 41.7 Å². The predicted molar refractivity (Wildman–Crippen MR) is 85.0 cm³/mol. The predicted octanol–water partition coefficient (Wildman–Crippen LogP) is 4.36. The van der Waals surface area contributed by atoms with Gasteiger partial charge in [0.25, 0.3) is 0 Å². The summed E-state index contributed by atoms with van der Waals surface area (Å²) >= 11 is 3.48. The van der Waals surface area contributed by atoms with Crippen LogP contribution in [0, 0.1) is 0 Å². The lowest BCUT2D eigenvalue weighted by atomic mass is 10.1. The summed E-state index contributed by atoms with van der Waals surface area (Å²) < 4.78 is 6.31. The third-order valence-corrected chi connectivity index (χ3v) is 4.18. The summed E-state index contributed by atoms with van der Waals surface area (Å²) in [5, 5.41) is 2.95. The minimum Gasteiger partial charge on any atom is -0.445 e. The number of carbonyl (C=O) groups is 1. The fourth-order valence-corrected chi connectivity index (χ4v) is 3.01. The Kier molecular flexibility index (Phi) is 4.25. The van der Waals surface area contributed by atoms with E-state index in [1.165, 1.54) is 11.1 Å². The molecule has 0 unspecified atom stereocenters. The van der Waals surface area contributed by atoms with Crippen molar-refractivity contribution in [3.63, 3.8) is 0 Å². The van der Waals surface area contributed by atoms with Crippen molar-refractivity contribution in [3.8, 4) is 0 Å². The SMILES string of the molecule is O=C(N[C@H]1CCc2ccc(Br)cc21)OCc1ccccc1. The number of hydrogen-bond donors (Lipinski definition) is 1. The van der Waals surface area contributed by atoms with E-state index in [0.29, 0.717) is 6.61 Å². The first-order valence-electron chi connectivity index (χ1n) is 6.98. The number of carbonyl (C=O) groups excluding carboxylic acids is 1. The second-order valence-corrected chi connectivity index (χ2v) is 6.06. The largest absolute Gasteiger partial charge is 0.445 e. The Morgan fingerprint density at radius 1 is 1.24 bits per heavy atom. The molecule has 1 aliphatic rings. The molecule has 1 N–H and O–H groups in total.